The van der Waals surface area contributed by atoms with Gasteiger partial charge in [-0.3, -0.25) is 4.79 Å². The van der Waals surface area contributed by atoms with E-state index in [-0.39, 0.29) is 5.91 Å². The van der Waals surface area contributed by atoms with E-state index in [1.165, 1.54) is 6.42 Å². The van der Waals surface area contributed by atoms with Crippen LogP contribution in [0.25, 0.3) is 0 Å². The lowest BCUT2D eigenvalue weighted by atomic mass is 9.86. The summed E-state index contributed by atoms with van der Waals surface area (Å²) in [5.74, 6) is 0.189. The van der Waals surface area contributed by atoms with Crippen molar-refractivity contribution in [3.63, 3.8) is 0 Å². The predicted molar refractivity (Wildman–Crippen MR) is 66.9 cm³/mol. The predicted octanol–water partition coefficient (Wildman–Crippen LogP) is 1.51. The molecule has 17 heavy (non-hydrogen) atoms. The number of hydrogen-bond donors (Lipinski definition) is 1. The Morgan fingerprint density at radius 2 is 2.06 bits per heavy atom. The number of benzene rings is 1. The topological polar surface area (TPSA) is 32.3 Å². The second-order valence-electron chi connectivity index (χ2n) is 5.27. The third-order valence-electron chi connectivity index (χ3n) is 4.08. The Labute approximate surface area is 102 Å². The van der Waals surface area contributed by atoms with Gasteiger partial charge in [0, 0.05) is 30.6 Å². The average Bonchev–Trinajstić information content (AvgIpc) is 3.01. The molecule has 2 aliphatic heterocycles. The lowest BCUT2D eigenvalue weighted by molar-refractivity contribution is 0.0776. The molecule has 1 amide bonds. The van der Waals surface area contributed by atoms with Gasteiger partial charge in [-0.1, -0.05) is 18.2 Å². The van der Waals surface area contributed by atoms with Gasteiger partial charge in [-0.2, -0.15) is 0 Å². The Balaban J connectivity index is 1.73. The average molecular weight is 230 g/mol. The van der Waals surface area contributed by atoms with Gasteiger partial charge in [0.25, 0.3) is 5.91 Å². The van der Waals surface area contributed by atoms with Crippen LogP contribution in [0.1, 0.15) is 23.2 Å². The summed E-state index contributed by atoms with van der Waals surface area (Å²) in [6, 6.07) is 9.61. The van der Waals surface area contributed by atoms with Gasteiger partial charge in [-0.15, -0.1) is 0 Å². The van der Waals surface area contributed by atoms with Crippen LogP contribution in [0, 0.1) is 5.41 Å². The van der Waals surface area contributed by atoms with Crippen LogP contribution >= 0.6 is 0 Å². The molecule has 0 bridgehead atoms. The van der Waals surface area contributed by atoms with E-state index < -0.39 is 0 Å². The number of hydrogen-bond acceptors (Lipinski definition) is 2. The van der Waals surface area contributed by atoms with Crippen molar-refractivity contribution in [3.05, 3.63) is 35.9 Å². The minimum absolute atomic E-state index is 0.189. The van der Waals surface area contributed by atoms with Gasteiger partial charge >= 0.3 is 0 Å². The van der Waals surface area contributed by atoms with E-state index in [1.807, 2.05) is 35.2 Å². The number of rotatable bonds is 1. The van der Waals surface area contributed by atoms with Gasteiger partial charge in [0.1, 0.15) is 0 Å². The van der Waals surface area contributed by atoms with E-state index in [0.717, 1.165) is 38.2 Å². The minimum Gasteiger partial charge on any atom is -0.338 e. The SMILES string of the molecule is O=C(c1ccccc1)N1CC[C@@]2(CCNC2)C1. The van der Waals surface area contributed by atoms with Crippen LogP contribution in [0.2, 0.25) is 0 Å². The number of likely N-dealkylation sites (tertiary alicyclic amines) is 1. The first-order valence-corrected chi connectivity index (χ1v) is 6.34. The van der Waals surface area contributed by atoms with Gasteiger partial charge < -0.3 is 10.2 Å². The summed E-state index contributed by atoms with van der Waals surface area (Å²) in [5, 5.41) is 3.42. The highest BCUT2D eigenvalue weighted by atomic mass is 16.2. The molecule has 3 heteroatoms. The molecule has 0 radical (unpaired) electrons. The summed E-state index contributed by atoms with van der Waals surface area (Å²) in [5.41, 5.74) is 1.18. The molecule has 0 aliphatic carbocycles. The molecule has 0 saturated carbocycles. The standard InChI is InChI=1S/C14H18N2O/c17-13(12-4-2-1-3-5-12)16-9-7-14(11-16)6-8-15-10-14/h1-5,15H,6-11H2/t14-/m1/s1. The van der Waals surface area contributed by atoms with Gasteiger partial charge in [-0.05, 0) is 31.5 Å². The first kappa shape index (κ1) is 10.8. The maximum atomic E-state index is 12.3. The highest BCUT2D eigenvalue weighted by molar-refractivity contribution is 5.94. The highest BCUT2D eigenvalue weighted by Gasteiger charge is 2.41. The molecule has 1 aromatic rings. The highest BCUT2D eigenvalue weighted by Crippen LogP contribution is 2.36. The molecule has 3 rings (SSSR count). The molecule has 1 spiro atoms. The molecular weight excluding hydrogens is 212 g/mol. The molecule has 0 unspecified atom stereocenters. The minimum atomic E-state index is 0.189. The quantitative estimate of drug-likeness (QED) is 0.793. The monoisotopic (exact) mass is 230 g/mol. The van der Waals surface area contributed by atoms with Crippen molar-refractivity contribution >= 4 is 5.91 Å². The molecule has 2 heterocycles. The number of carbonyl (C=O) groups is 1. The van der Waals surface area contributed by atoms with Crippen molar-refractivity contribution in [1.82, 2.24) is 10.2 Å². The van der Waals surface area contributed by atoms with Crippen molar-refractivity contribution in [2.75, 3.05) is 26.2 Å². The fourth-order valence-corrected chi connectivity index (χ4v) is 3.02. The molecule has 0 aromatic heterocycles. The fourth-order valence-electron chi connectivity index (χ4n) is 3.02. The third kappa shape index (κ3) is 1.95. The van der Waals surface area contributed by atoms with Gasteiger partial charge in [-0.25, -0.2) is 0 Å². The Hall–Kier alpha value is -1.35. The second kappa shape index (κ2) is 4.15. The van der Waals surface area contributed by atoms with Crippen molar-refractivity contribution < 1.29 is 4.79 Å². The van der Waals surface area contributed by atoms with Crippen LogP contribution in [0.4, 0.5) is 0 Å². The van der Waals surface area contributed by atoms with Gasteiger partial charge in [0.05, 0.1) is 0 Å². The fraction of sp³-hybridized carbons (Fsp3) is 0.500. The number of amides is 1. The smallest absolute Gasteiger partial charge is 0.253 e. The van der Waals surface area contributed by atoms with E-state index in [4.69, 9.17) is 0 Å². The van der Waals surface area contributed by atoms with Crippen LogP contribution in [-0.4, -0.2) is 37.0 Å². The van der Waals surface area contributed by atoms with Crippen molar-refractivity contribution in [2.24, 2.45) is 5.41 Å². The van der Waals surface area contributed by atoms with E-state index in [0.29, 0.717) is 5.41 Å². The molecule has 2 fully saturated rings. The molecule has 1 atom stereocenters. The first-order chi connectivity index (χ1) is 8.29. The zero-order chi connectivity index (χ0) is 11.7. The molecule has 1 aromatic carbocycles. The summed E-state index contributed by atoms with van der Waals surface area (Å²) >= 11 is 0. The first-order valence-electron chi connectivity index (χ1n) is 6.34. The number of nitrogens with zero attached hydrogens (tertiary/aromatic N) is 1. The molecular formula is C14H18N2O. The van der Waals surface area contributed by atoms with Crippen LogP contribution in [-0.2, 0) is 0 Å². The summed E-state index contributed by atoms with van der Waals surface area (Å²) in [4.78, 5) is 14.3. The molecule has 1 N–H and O–H groups in total. The second-order valence-corrected chi connectivity index (χ2v) is 5.27. The summed E-state index contributed by atoms with van der Waals surface area (Å²) in [7, 11) is 0. The Kier molecular flexibility index (Phi) is 2.63. The third-order valence-corrected chi connectivity index (χ3v) is 4.08. The molecule has 2 saturated heterocycles. The number of nitrogens with one attached hydrogen (secondary N) is 1. The molecule has 3 nitrogen and oxygen atoms in total. The zero-order valence-corrected chi connectivity index (χ0v) is 9.98. The van der Waals surface area contributed by atoms with Crippen LogP contribution in [0.3, 0.4) is 0 Å². The maximum absolute atomic E-state index is 12.3. The zero-order valence-electron chi connectivity index (χ0n) is 9.98. The maximum Gasteiger partial charge on any atom is 0.253 e. The Morgan fingerprint density at radius 1 is 1.24 bits per heavy atom. The molecule has 90 valence electrons. The van der Waals surface area contributed by atoms with Crippen LogP contribution < -0.4 is 5.32 Å². The van der Waals surface area contributed by atoms with Crippen molar-refractivity contribution in [3.8, 4) is 0 Å². The van der Waals surface area contributed by atoms with E-state index in [1.54, 1.807) is 0 Å². The van der Waals surface area contributed by atoms with Gasteiger partial charge in [0.15, 0.2) is 0 Å². The van der Waals surface area contributed by atoms with Gasteiger partial charge in [0.2, 0.25) is 0 Å². The lowest BCUT2D eigenvalue weighted by Gasteiger charge is -2.22. The van der Waals surface area contributed by atoms with Crippen molar-refractivity contribution in [2.45, 2.75) is 12.8 Å². The van der Waals surface area contributed by atoms with Crippen LogP contribution in [0.15, 0.2) is 30.3 Å². The lowest BCUT2D eigenvalue weighted by Crippen LogP contribution is -2.33. The van der Waals surface area contributed by atoms with E-state index in [9.17, 15) is 4.79 Å². The largest absolute Gasteiger partial charge is 0.338 e. The Bertz CT molecular complexity index is 409. The normalized spacial score (nSPS) is 27.9. The van der Waals surface area contributed by atoms with E-state index in [2.05, 4.69) is 5.32 Å². The summed E-state index contributed by atoms with van der Waals surface area (Å²) in [6.45, 7) is 4.02. The Morgan fingerprint density at radius 3 is 2.76 bits per heavy atom. The number of carbonyl (C=O) groups excluding carboxylic acids is 1. The van der Waals surface area contributed by atoms with Crippen molar-refractivity contribution in [1.29, 1.82) is 0 Å². The summed E-state index contributed by atoms with van der Waals surface area (Å²) in [6.07, 6.45) is 2.37. The summed E-state index contributed by atoms with van der Waals surface area (Å²) < 4.78 is 0. The van der Waals surface area contributed by atoms with Crippen LogP contribution in [0.5, 0.6) is 0 Å². The van der Waals surface area contributed by atoms with E-state index >= 15 is 0 Å². The molecule has 2 aliphatic rings.